The molecule has 0 spiro atoms. The van der Waals surface area contributed by atoms with Crippen LogP contribution in [0.15, 0.2) is 22.6 Å². The molecule has 1 aromatic carbocycles. The highest BCUT2D eigenvalue weighted by atomic mass is 32.2. The van der Waals surface area contributed by atoms with Crippen molar-refractivity contribution < 1.29 is 32.2 Å². The highest BCUT2D eigenvalue weighted by Gasteiger charge is 2.27. The van der Waals surface area contributed by atoms with Gasteiger partial charge in [-0.2, -0.15) is 0 Å². The van der Waals surface area contributed by atoms with Crippen molar-refractivity contribution in [3.63, 3.8) is 0 Å². The number of carbonyl (C=O) groups excluding carboxylic acids is 1. The van der Waals surface area contributed by atoms with Gasteiger partial charge in [-0.05, 0) is 0 Å². The molecule has 2 heterocycles. The Labute approximate surface area is 174 Å². The van der Waals surface area contributed by atoms with Gasteiger partial charge in [0.25, 0.3) is 11.3 Å². The van der Waals surface area contributed by atoms with Gasteiger partial charge in [-0.3, -0.25) is 14.3 Å². The number of benzene rings is 1. The molecule has 1 aromatic heterocycles. The third-order valence-electron chi connectivity index (χ3n) is 3.71. The van der Waals surface area contributed by atoms with Gasteiger partial charge in [0, 0.05) is 18.7 Å². The zero-order valence-corrected chi connectivity index (χ0v) is 16.5. The van der Waals surface area contributed by atoms with Crippen LogP contribution >= 0.6 is 11.3 Å². The van der Waals surface area contributed by atoms with Crippen molar-refractivity contribution in [3.8, 4) is 0 Å². The summed E-state index contributed by atoms with van der Waals surface area (Å²) in [6, 6.07) is 1.38. The Bertz CT molecular complexity index is 1020. The van der Waals surface area contributed by atoms with Crippen LogP contribution in [0.4, 0.5) is 25.2 Å². The quantitative estimate of drug-likeness (QED) is 0.381. The van der Waals surface area contributed by atoms with Gasteiger partial charge >= 0.3 is 5.97 Å². The number of amides is 1. The molecule has 0 bridgehead atoms. The lowest BCUT2D eigenvalue weighted by molar-refractivity contribution is -0.115. The number of carbonyl (C=O) groups is 2. The maximum atomic E-state index is 14.5. The van der Waals surface area contributed by atoms with Crippen LogP contribution in [0.5, 0.6) is 0 Å². The van der Waals surface area contributed by atoms with Crippen molar-refractivity contribution in [1.82, 2.24) is 15.6 Å². The van der Waals surface area contributed by atoms with Crippen molar-refractivity contribution in [1.29, 1.82) is 0 Å². The number of carboxylic acid groups (broad SMARTS) is 1. The Morgan fingerprint density at radius 1 is 1.33 bits per heavy atom. The van der Waals surface area contributed by atoms with Gasteiger partial charge in [0.15, 0.2) is 23.3 Å². The first kappa shape index (κ1) is 21.5. The van der Waals surface area contributed by atoms with Gasteiger partial charge in [0.2, 0.25) is 5.91 Å². The third kappa shape index (κ3) is 4.69. The number of nitrogens with zero attached hydrogens (tertiary/aromatic N) is 3. The maximum Gasteiger partial charge on any atom is 0.357 e. The van der Waals surface area contributed by atoms with E-state index in [0.717, 1.165) is 5.51 Å². The number of halogens is 2. The molecule has 0 saturated heterocycles. The van der Waals surface area contributed by atoms with Crippen LogP contribution in [0.2, 0.25) is 0 Å². The number of hydrogen-bond donors (Lipinski definition) is 5. The van der Waals surface area contributed by atoms with Crippen LogP contribution in [0, 0.1) is 11.6 Å². The molecular formula is C15H14F2N6O5S2. The van der Waals surface area contributed by atoms with E-state index in [1.165, 1.54) is 0 Å². The van der Waals surface area contributed by atoms with E-state index in [0.29, 0.717) is 46.8 Å². The van der Waals surface area contributed by atoms with Crippen molar-refractivity contribution in [2.75, 3.05) is 29.3 Å². The van der Waals surface area contributed by atoms with Gasteiger partial charge in [0.1, 0.15) is 10.7 Å². The van der Waals surface area contributed by atoms with Gasteiger partial charge in [-0.25, -0.2) is 27.1 Å². The number of guanidine groups is 1. The first-order valence-corrected chi connectivity index (χ1v) is 10.1. The highest BCUT2D eigenvalue weighted by Crippen LogP contribution is 2.35. The van der Waals surface area contributed by atoms with E-state index in [9.17, 15) is 27.1 Å². The number of hydrogen-bond acceptors (Lipinski definition) is 8. The van der Waals surface area contributed by atoms with Crippen molar-refractivity contribution >= 4 is 56.8 Å². The van der Waals surface area contributed by atoms with Crippen LogP contribution in [-0.2, 0) is 16.1 Å². The molecule has 1 aliphatic rings. The summed E-state index contributed by atoms with van der Waals surface area (Å²) in [6.45, 7) is 0.851. The number of rotatable bonds is 7. The Hall–Kier alpha value is -3.17. The average Bonchev–Trinajstić information content (AvgIpc) is 3.35. The van der Waals surface area contributed by atoms with Gasteiger partial charge in [-0.1, -0.05) is 0 Å². The van der Waals surface area contributed by atoms with Crippen LogP contribution in [0.3, 0.4) is 0 Å². The minimum Gasteiger partial charge on any atom is -0.476 e. The molecule has 3 rings (SSSR count). The lowest BCUT2D eigenvalue weighted by atomic mass is 10.2. The number of aromatic carboxylic acids is 1. The zero-order valence-electron chi connectivity index (χ0n) is 14.9. The molecule has 0 radical (unpaired) electrons. The van der Waals surface area contributed by atoms with Crippen molar-refractivity contribution in [3.05, 3.63) is 35.0 Å². The molecule has 15 heteroatoms. The summed E-state index contributed by atoms with van der Waals surface area (Å²) in [5, 5.41) is 16.4. The molecular weight excluding hydrogens is 446 g/mol. The largest absolute Gasteiger partial charge is 0.476 e. The lowest BCUT2D eigenvalue weighted by Gasteiger charge is -2.19. The van der Waals surface area contributed by atoms with Gasteiger partial charge in [-0.15, -0.1) is 11.3 Å². The van der Waals surface area contributed by atoms with E-state index in [4.69, 9.17) is 5.11 Å². The van der Waals surface area contributed by atoms with E-state index >= 15 is 0 Å². The Morgan fingerprint density at radius 3 is 2.60 bits per heavy atom. The van der Waals surface area contributed by atoms with Crippen LogP contribution in [-0.4, -0.2) is 56.3 Å². The first-order chi connectivity index (χ1) is 14.3. The SMILES string of the molecule is O=C(CNC1=NCCN1)Nc1c(F)cc(N(c2scnc2C(=O)O)S(=O)O)cc1F. The molecule has 1 aliphatic heterocycles. The molecule has 5 N–H and O–H groups in total. The second kappa shape index (κ2) is 9.10. The summed E-state index contributed by atoms with van der Waals surface area (Å²) in [5.74, 6) is -4.31. The maximum absolute atomic E-state index is 14.5. The zero-order chi connectivity index (χ0) is 21.8. The molecule has 160 valence electrons. The summed E-state index contributed by atoms with van der Waals surface area (Å²) in [6.07, 6.45) is 0. The average molecular weight is 460 g/mol. The van der Waals surface area contributed by atoms with Crippen molar-refractivity contribution in [2.24, 2.45) is 4.99 Å². The number of aliphatic imine (C=N–C) groups is 1. The van der Waals surface area contributed by atoms with Gasteiger partial charge in [0.05, 0.1) is 24.3 Å². The molecule has 0 saturated carbocycles. The molecule has 2 aromatic rings. The second-order valence-electron chi connectivity index (χ2n) is 5.68. The number of aromatic nitrogens is 1. The Kier molecular flexibility index (Phi) is 6.53. The summed E-state index contributed by atoms with van der Waals surface area (Å²) in [7, 11) is 0. The summed E-state index contributed by atoms with van der Waals surface area (Å²) >= 11 is -2.16. The molecule has 11 nitrogen and oxygen atoms in total. The predicted molar refractivity (Wildman–Crippen MR) is 105 cm³/mol. The molecule has 30 heavy (non-hydrogen) atoms. The minimum absolute atomic E-state index is 0.298. The van der Waals surface area contributed by atoms with E-state index in [2.05, 4.69) is 25.9 Å². The minimum atomic E-state index is -2.86. The normalized spacial score (nSPS) is 13.9. The molecule has 1 unspecified atom stereocenters. The van der Waals surface area contributed by atoms with E-state index in [1.807, 2.05) is 0 Å². The fraction of sp³-hybridized carbons (Fsp3) is 0.200. The monoisotopic (exact) mass is 460 g/mol. The van der Waals surface area contributed by atoms with Crippen LogP contribution < -0.4 is 20.3 Å². The molecule has 1 atom stereocenters. The number of thiazole rings is 1. The highest BCUT2D eigenvalue weighted by molar-refractivity contribution is 7.81. The smallest absolute Gasteiger partial charge is 0.357 e. The fourth-order valence-corrected chi connectivity index (χ4v) is 4.01. The molecule has 0 fully saturated rings. The van der Waals surface area contributed by atoms with Crippen molar-refractivity contribution in [2.45, 2.75) is 0 Å². The van der Waals surface area contributed by atoms with Gasteiger partial charge < -0.3 is 21.1 Å². The second-order valence-corrected chi connectivity index (χ2v) is 7.34. The topological polar surface area (TPSA) is 156 Å². The first-order valence-electron chi connectivity index (χ1n) is 8.17. The van der Waals surface area contributed by atoms with E-state index < -0.39 is 51.8 Å². The number of carboxylic acids is 1. The summed E-state index contributed by atoms with van der Waals surface area (Å²) < 4.78 is 50.8. The molecule has 0 aliphatic carbocycles. The number of anilines is 3. The lowest BCUT2D eigenvalue weighted by Crippen LogP contribution is -2.39. The van der Waals surface area contributed by atoms with E-state index in [1.54, 1.807) is 0 Å². The fourth-order valence-electron chi connectivity index (χ4n) is 2.47. The summed E-state index contributed by atoms with van der Waals surface area (Å²) in [5.41, 5.74) is -0.664. The Morgan fingerprint density at radius 2 is 2.03 bits per heavy atom. The van der Waals surface area contributed by atoms with Crippen LogP contribution in [0.25, 0.3) is 0 Å². The number of nitrogens with one attached hydrogen (secondary N) is 3. The molecule has 1 amide bonds. The van der Waals surface area contributed by atoms with E-state index in [-0.39, 0.29) is 11.5 Å². The third-order valence-corrected chi connectivity index (χ3v) is 5.34. The summed E-state index contributed by atoms with van der Waals surface area (Å²) in [4.78, 5) is 30.7. The Balaban J connectivity index is 1.83. The standard InChI is InChI=1S/C15H14F2N6O5S2/c16-8-3-7(23(30(27)28)13-12(14(25)26)21-6-29-13)4-9(17)11(8)22-10(24)5-20-15-18-1-2-19-15/h3-4,6H,1-2,5H2,(H,22,24)(H,25,26)(H,27,28)(H2,18,19,20). The van der Waals surface area contributed by atoms with Crippen LogP contribution in [0.1, 0.15) is 10.5 Å². The predicted octanol–water partition coefficient (Wildman–Crippen LogP) is 0.882.